The monoisotopic (exact) mass is 597 g/mol. The molecule has 0 bridgehead atoms. The quantitative estimate of drug-likeness (QED) is 0.0697. The second-order valence-electron chi connectivity index (χ2n) is 12.4. The van der Waals surface area contributed by atoms with Crippen LogP contribution in [0.15, 0.2) is 49.1 Å². The molecule has 0 aliphatic heterocycles. The van der Waals surface area contributed by atoms with E-state index < -0.39 is 0 Å². The third-order valence-corrected chi connectivity index (χ3v) is 8.35. The normalized spacial score (nSPS) is 11.4. The van der Waals surface area contributed by atoms with Gasteiger partial charge < -0.3 is 15.2 Å². The van der Waals surface area contributed by atoms with Crippen LogP contribution < -0.4 is 10.3 Å². The van der Waals surface area contributed by atoms with E-state index in [1.165, 1.54) is 127 Å². The number of aryl methyl sites for hydroxylation is 3. The summed E-state index contributed by atoms with van der Waals surface area (Å²) in [6.07, 6.45) is 36.6. The van der Waals surface area contributed by atoms with E-state index in [0.717, 1.165) is 65.2 Å². The van der Waals surface area contributed by atoms with Gasteiger partial charge >= 0.3 is 0 Å². The average Bonchev–Trinajstić information content (AvgIpc) is 3.04. The Morgan fingerprint density at radius 2 is 1.02 bits per heavy atom. The molecule has 0 radical (unpaired) electrons. The Hall–Kier alpha value is -1.82. The van der Waals surface area contributed by atoms with Gasteiger partial charge in [-0.2, -0.15) is 0 Å². The molecular weight excluding hydrogens is 530 g/mol. The highest BCUT2D eigenvalue weighted by molar-refractivity contribution is 5.08. The summed E-state index contributed by atoms with van der Waals surface area (Å²) >= 11 is 0. The lowest BCUT2D eigenvalue weighted by Crippen LogP contribution is -2.33. The number of unbranched alkanes of at least 4 members (excludes halogenated alkanes) is 16. The van der Waals surface area contributed by atoms with E-state index in [9.17, 15) is 0 Å². The molecular formula is C38H66N3O2+. The molecule has 2 aromatic heterocycles. The summed E-state index contributed by atoms with van der Waals surface area (Å²) in [4.78, 5) is 4.17. The molecule has 2 heterocycles. The fraction of sp³-hybridized carbons (Fsp3) is 0.737. The fourth-order valence-electron chi connectivity index (χ4n) is 5.69. The minimum atomic E-state index is 0.844. The second-order valence-corrected chi connectivity index (χ2v) is 12.4. The Kier molecular flexibility index (Phi) is 25.1. The maximum absolute atomic E-state index is 5.89. The predicted octanol–water partition coefficient (Wildman–Crippen LogP) is 8.95. The summed E-state index contributed by atoms with van der Waals surface area (Å²) in [5.41, 5.74) is 8.29. The minimum absolute atomic E-state index is 0.844. The first-order chi connectivity index (χ1) is 21.4. The third-order valence-electron chi connectivity index (χ3n) is 8.35. The molecule has 0 saturated carbocycles. The lowest BCUT2D eigenvalue weighted by Gasteiger charge is -2.05. The van der Waals surface area contributed by atoms with Gasteiger partial charge in [0.1, 0.15) is 6.54 Å². The van der Waals surface area contributed by atoms with Gasteiger partial charge in [-0.15, -0.1) is 0 Å². The maximum Gasteiger partial charge on any atom is 0.171 e. The van der Waals surface area contributed by atoms with Gasteiger partial charge in [-0.3, -0.25) is 4.98 Å². The molecule has 0 aliphatic carbocycles. The van der Waals surface area contributed by atoms with E-state index in [1.54, 1.807) is 0 Å². The summed E-state index contributed by atoms with van der Waals surface area (Å²) in [5, 5.41) is 0. The van der Waals surface area contributed by atoms with E-state index in [2.05, 4.69) is 40.1 Å². The van der Waals surface area contributed by atoms with Gasteiger partial charge in [-0.05, 0) is 75.6 Å². The summed E-state index contributed by atoms with van der Waals surface area (Å²) in [6, 6.07) is 8.62. The molecule has 5 nitrogen and oxygen atoms in total. The third kappa shape index (κ3) is 23.3. The van der Waals surface area contributed by atoms with Crippen molar-refractivity contribution < 1.29 is 14.0 Å². The molecule has 0 saturated heterocycles. The fourth-order valence-corrected chi connectivity index (χ4v) is 5.69. The molecule has 2 N–H and O–H groups in total. The zero-order valence-electron chi connectivity index (χ0n) is 27.7. The summed E-state index contributed by atoms with van der Waals surface area (Å²) in [6.45, 7) is 5.58. The number of nitrogens with zero attached hydrogens (tertiary/aromatic N) is 2. The van der Waals surface area contributed by atoms with Crippen LogP contribution in [0, 0.1) is 0 Å². The number of hydrogen-bond acceptors (Lipinski definition) is 4. The summed E-state index contributed by atoms with van der Waals surface area (Å²) < 4.78 is 14.1. The Balaban J connectivity index is 1.30. The molecule has 244 valence electrons. The Morgan fingerprint density at radius 1 is 0.535 bits per heavy atom. The first-order valence-electron chi connectivity index (χ1n) is 18.1. The molecule has 0 amide bonds. The SMILES string of the molecule is NCCCCCCCCCCOCCCc1ccc[n+](CCCCCCCCCCCCOCCCc2cccnc2)c1. The van der Waals surface area contributed by atoms with Crippen LogP contribution in [0.25, 0.3) is 0 Å². The molecule has 43 heavy (non-hydrogen) atoms. The van der Waals surface area contributed by atoms with Crippen molar-refractivity contribution in [1.29, 1.82) is 0 Å². The Bertz CT molecular complexity index is 848. The van der Waals surface area contributed by atoms with E-state index >= 15 is 0 Å². The van der Waals surface area contributed by atoms with Gasteiger partial charge in [-0.25, -0.2) is 4.57 Å². The maximum atomic E-state index is 5.89. The highest BCUT2D eigenvalue weighted by Gasteiger charge is 2.04. The number of nitrogens with two attached hydrogens (primary N) is 1. The number of pyridine rings is 2. The van der Waals surface area contributed by atoms with Crippen LogP contribution in [0.2, 0.25) is 0 Å². The van der Waals surface area contributed by atoms with Crippen molar-refractivity contribution in [2.75, 3.05) is 33.0 Å². The molecule has 0 fully saturated rings. The van der Waals surface area contributed by atoms with Crippen LogP contribution in [0.1, 0.15) is 140 Å². The number of rotatable bonds is 31. The highest BCUT2D eigenvalue weighted by atomic mass is 16.5. The zero-order valence-corrected chi connectivity index (χ0v) is 27.7. The van der Waals surface area contributed by atoms with Gasteiger partial charge in [0, 0.05) is 56.9 Å². The lowest BCUT2D eigenvalue weighted by molar-refractivity contribution is -0.697. The second kappa shape index (κ2) is 28.9. The molecule has 0 unspecified atom stereocenters. The summed E-state index contributed by atoms with van der Waals surface area (Å²) in [5.74, 6) is 0. The van der Waals surface area contributed by atoms with Crippen molar-refractivity contribution in [2.24, 2.45) is 5.73 Å². The van der Waals surface area contributed by atoms with E-state index in [0.29, 0.717) is 0 Å². The molecule has 0 spiro atoms. The van der Waals surface area contributed by atoms with Gasteiger partial charge in [0.2, 0.25) is 0 Å². The van der Waals surface area contributed by atoms with Crippen LogP contribution >= 0.6 is 0 Å². The number of aromatic nitrogens is 2. The smallest absolute Gasteiger partial charge is 0.171 e. The van der Waals surface area contributed by atoms with Crippen LogP contribution in [-0.4, -0.2) is 38.0 Å². The van der Waals surface area contributed by atoms with Crippen molar-refractivity contribution in [3.8, 4) is 0 Å². The molecule has 5 heteroatoms. The number of ether oxygens (including phenoxy) is 2. The topological polar surface area (TPSA) is 61.2 Å². The standard InChI is InChI=1S/C38H66N3O2/c39-27-15-11-7-3-6-10-14-18-32-43-34-22-26-38-24-20-30-41(36-38)29-16-12-8-4-1-2-5-9-13-17-31-42-33-21-25-37-23-19-28-40-35-37/h19-20,23-24,28,30,35-36H,1-18,21-22,25-27,29,31-34,39H2/q+1. The van der Waals surface area contributed by atoms with Gasteiger partial charge in [0.15, 0.2) is 12.4 Å². The van der Waals surface area contributed by atoms with Gasteiger partial charge in [0.25, 0.3) is 0 Å². The minimum Gasteiger partial charge on any atom is -0.381 e. The number of hydrogen-bond donors (Lipinski definition) is 1. The predicted molar refractivity (Wildman–Crippen MR) is 181 cm³/mol. The Labute approximate surface area is 265 Å². The summed E-state index contributed by atoms with van der Waals surface area (Å²) in [7, 11) is 0. The van der Waals surface area contributed by atoms with Crippen LogP contribution in [0.4, 0.5) is 0 Å². The molecule has 2 aromatic rings. The van der Waals surface area contributed by atoms with Crippen molar-refractivity contribution >= 4 is 0 Å². The van der Waals surface area contributed by atoms with Crippen LogP contribution in [0.5, 0.6) is 0 Å². The first kappa shape index (κ1) is 37.4. The van der Waals surface area contributed by atoms with Crippen molar-refractivity contribution in [3.63, 3.8) is 0 Å². The van der Waals surface area contributed by atoms with Crippen molar-refractivity contribution in [1.82, 2.24) is 4.98 Å². The van der Waals surface area contributed by atoms with Gasteiger partial charge in [-0.1, -0.05) is 89.5 Å². The van der Waals surface area contributed by atoms with E-state index in [4.69, 9.17) is 15.2 Å². The highest BCUT2D eigenvalue weighted by Crippen LogP contribution is 2.12. The first-order valence-corrected chi connectivity index (χ1v) is 18.1. The lowest BCUT2D eigenvalue weighted by atomic mass is 10.1. The van der Waals surface area contributed by atoms with Gasteiger partial charge in [0.05, 0.1) is 0 Å². The van der Waals surface area contributed by atoms with Crippen molar-refractivity contribution in [2.45, 2.75) is 148 Å². The van der Waals surface area contributed by atoms with Crippen molar-refractivity contribution in [3.05, 3.63) is 60.2 Å². The Morgan fingerprint density at radius 3 is 1.58 bits per heavy atom. The molecule has 0 aliphatic rings. The van der Waals surface area contributed by atoms with E-state index in [-0.39, 0.29) is 0 Å². The molecule has 0 atom stereocenters. The molecule has 2 rings (SSSR count). The van der Waals surface area contributed by atoms with E-state index in [1.807, 2.05) is 18.5 Å². The van der Waals surface area contributed by atoms with Crippen LogP contribution in [0.3, 0.4) is 0 Å². The largest absolute Gasteiger partial charge is 0.381 e. The molecule has 0 aromatic carbocycles. The average molecular weight is 597 g/mol. The zero-order chi connectivity index (χ0) is 30.3. The van der Waals surface area contributed by atoms with Crippen LogP contribution in [-0.2, 0) is 28.9 Å².